The Hall–Kier alpha value is -2.73. The summed E-state index contributed by atoms with van der Waals surface area (Å²) in [4.78, 5) is 0. The lowest BCUT2D eigenvalue weighted by Crippen LogP contribution is -2.17. The highest BCUT2D eigenvalue weighted by Gasteiger charge is 2.12. The third-order valence-electron chi connectivity index (χ3n) is 4.74. The predicted molar refractivity (Wildman–Crippen MR) is 118 cm³/mol. The largest absolute Gasteiger partial charge is 0.395 e. The van der Waals surface area contributed by atoms with Gasteiger partial charge in [-0.05, 0) is 47.3 Å². The van der Waals surface area contributed by atoms with E-state index in [1.165, 1.54) is 38.5 Å². The summed E-state index contributed by atoms with van der Waals surface area (Å²) in [5.41, 5.74) is 5.85. The first-order chi connectivity index (χ1) is 13.8. The van der Waals surface area contributed by atoms with Crippen molar-refractivity contribution in [3.05, 3.63) is 77.9 Å². The molecule has 4 rings (SSSR count). The van der Waals surface area contributed by atoms with Crippen LogP contribution in [0.1, 0.15) is 11.1 Å². The van der Waals surface area contributed by atoms with Gasteiger partial charge in [-0.1, -0.05) is 54.6 Å². The molecule has 0 aliphatic heterocycles. The van der Waals surface area contributed by atoms with E-state index >= 15 is 0 Å². The molecule has 4 nitrogen and oxygen atoms in total. The smallest absolute Gasteiger partial charge is 0.152 e. The first-order valence-corrected chi connectivity index (χ1v) is 10.2. The van der Waals surface area contributed by atoms with Crippen LogP contribution < -0.4 is 10.6 Å². The van der Waals surface area contributed by atoms with E-state index in [9.17, 15) is 0 Å². The molecule has 0 unspecified atom stereocenters. The second-order valence-electron chi connectivity index (χ2n) is 6.75. The molecule has 1 heterocycles. The standard InChI is InChI=1S/C23H23N3OS/c1-16-14-17(15-24-12-13-27)10-11-21(16)25-23-20-9-5-8-19(22(20)28-26-23)18-6-3-2-4-7-18/h2-11,14,24,27H,12-13,15H2,1H3,(H,25,26). The van der Waals surface area contributed by atoms with Crippen molar-refractivity contribution in [3.8, 4) is 11.1 Å². The fraction of sp³-hybridized carbons (Fsp3) is 0.174. The molecule has 0 bridgehead atoms. The maximum absolute atomic E-state index is 8.89. The van der Waals surface area contributed by atoms with Crippen LogP contribution in [0.4, 0.5) is 11.5 Å². The second kappa shape index (κ2) is 8.52. The fourth-order valence-electron chi connectivity index (χ4n) is 3.31. The molecule has 0 amide bonds. The molecule has 0 aliphatic rings. The number of nitrogens with zero attached hydrogens (tertiary/aromatic N) is 1. The van der Waals surface area contributed by atoms with E-state index < -0.39 is 0 Å². The minimum atomic E-state index is 0.153. The van der Waals surface area contributed by atoms with Gasteiger partial charge >= 0.3 is 0 Å². The number of anilines is 2. The van der Waals surface area contributed by atoms with Gasteiger partial charge in [-0.2, -0.15) is 4.37 Å². The van der Waals surface area contributed by atoms with Crippen molar-refractivity contribution < 1.29 is 5.11 Å². The Labute approximate surface area is 169 Å². The number of hydrogen-bond donors (Lipinski definition) is 3. The van der Waals surface area contributed by atoms with Gasteiger partial charge in [0.2, 0.25) is 0 Å². The first kappa shape index (κ1) is 18.6. The van der Waals surface area contributed by atoms with Crippen LogP contribution in [-0.4, -0.2) is 22.6 Å². The molecular weight excluding hydrogens is 366 g/mol. The zero-order valence-corrected chi connectivity index (χ0v) is 16.6. The highest BCUT2D eigenvalue weighted by molar-refractivity contribution is 7.14. The third kappa shape index (κ3) is 3.92. The molecule has 5 heteroatoms. The summed E-state index contributed by atoms with van der Waals surface area (Å²) in [5.74, 6) is 0.895. The van der Waals surface area contributed by atoms with E-state index in [2.05, 4.69) is 78.2 Å². The summed E-state index contributed by atoms with van der Waals surface area (Å²) >= 11 is 1.53. The molecule has 0 radical (unpaired) electrons. The van der Waals surface area contributed by atoms with Crippen molar-refractivity contribution in [1.29, 1.82) is 0 Å². The molecule has 1 aromatic heterocycles. The van der Waals surface area contributed by atoms with Gasteiger partial charge < -0.3 is 15.7 Å². The Kier molecular flexibility index (Phi) is 5.67. The maximum Gasteiger partial charge on any atom is 0.152 e. The SMILES string of the molecule is Cc1cc(CNCCO)ccc1Nc1nsc2c(-c3ccccc3)cccc12. The van der Waals surface area contributed by atoms with Gasteiger partial charge in [-0.3, -0.25) is 0 Å². The molecule has 0 aliphatic carbocycles. The van der Waals surface area contributed by atoms with Crippen molar-refractivity contribution in [2.24, 2.45) is 0 Å². The Morgan fingerprint density at radius 1 is 1.00 bits per heavy atom. The first-order valence-electron chi connectivity index (χ1n) is 9.38. The van der Waals surface area contributed by atoms with Gasteiger partial charge in [0.15, 0.2) is 5.82 Å². The van der Waals surface area contributed by atoms with Crippen molar-refractivity contribution in [2.45, 2.75) is 13.5 Å². The quantitative estimate of drug-likeness (QED) is 0.385. The lowest BCUT2D eigenvalue weighted by atomic mass is 10.0. The monoisotopic (exact) mass is 389 g/mol. The molecule has 0 spiro atoms. The number of fused-ring (bicyclic) bond motifs is 1. The molecule has 0 saturated carbocycles. The zero-order chi connectivity index (χ0) is 19.3. The number of aromatic nitrogens is 1. The summed E-state index contributed by atoms with van der Waals surface area (Å²) < 4.78 is 5.88. The average Bonchev–Trinajstić information content (AvgIpc) is 3.14. The molecule has 3 N–H and O–H groups in total. The van der Waals surface area contributed by atoms with E-state index in [0.717, 1.165) is 23.4 Å². The summed E-state index contributed by atoms with van der Waals surface area (Å²) in [7, 11) is 0. The van der Waals surface area contributed by atoms with Gasteiger partial charge in [-0.25, -0.2) is 0 Å². The minimum Gasteiger partial charge on any atom is -0.395 e. The Morgan fingerprint density at radius 2 is 1.86 bits per heavy atom. The summed E-state index contributed by atoms with van der Waals surface area (Å²) in [6, 6.07) is 23.2. The summed E-state index contributed by atoms with van der Waals surface area (Å²) in [6.07, 6.45) is 0. The van der Waals surface area contributed by atoms with Crippen molar-refractivity contribution in [3.63, 3.8) is 0 Å². The van der Waals surface area contributed by atoms with Gasteiger partial charge in [0, 0.05) is 29.7 Å². The predicted octanol–water partition coefficient (Wildman–Crippen LogP) is 5.10. The highest BCUT2D eigenvalue weighted by atomic mass is 32.1. The van der Waals surface area contributed by atoms with Crippen LogP contribution >= 0.6 is 11.5 Å². The van der Waals surface area contributed by atoms with Crippen LogP contribution in [0.2, 0.25) is 0 Å². The Bertz CT molecular complexity index is 1080. The summed E-state index contributed by atoms with van der Waals surface area (Å²) in [6.45, 7) is 3.61. The Morgan fingerprint density at radius 3 is 2.64 bits per heavy atom. The Balaban J connectivity index is 1.61. The number of hydrogen-bond acceptors (Lipinski definition) is 5. The van der Waals surface area contributed by atoms with E-state index in [4.69, 9.17) is 9.48 Å². The molecule has 0 saturated heterocycles. The maximum atomic E-state index is 8.89. The zero-order valence-electron chi connectivity index (χ0n) is 15.8. The lowest BCUT2D eigenvalue weighted by molar-refractivity contribution is 0.292. The van der Waals surface area contributed by atoms with Gasteiger partial charge in [-0.15, -0.1) is 0 Å². The van der Waals surface area contributed by atoms with E-state index in [1.807, 2.05) is 6.07 Å². The summed E-state index contributed by atoms with van der Waals surface area (Å²) in [5, 5.41) is 16.7. The lowest BCUT2D eigenvalue weighted by Gasteiger charge is -2.11. The van der Waals surface area contributed by atoms with Crippen LogP contribution in [0.5, 0.6) is 0 Å². The van der Waals surface area contributed by atoms with Crippen LogP contribution in [-0.2, 0) is 6.54 Å². The molecule has 28 heavy (non-hydrogen) atoms. The molecule has 142 valence electrons. The third-order valence-corrected chi connectivity index (χ3v) is 5.64. The average molecular weight is 390 g/mol. The number of nitrogens with one attached hydrogen (secondary N) is 2. The van der Waals surface area contributed by atoms with E-state index in [1.54, 1.807) is 0 Å². The number of benzene rings is 3. The van der Waals surface area contributed by atoms with Crippen molar-refractivity contribution in [1.82, 2.24) is 9.69 Å². The topological polar surface area (TPSA) is 57.2 Å². The molecular formula is C23H23N3OS. The number of aryl methyl sites for hydroxylation is 1. The van der Waals surface area contributed by atoms with Crippen molar-refractivity contribution >= 4 is 33.1 Å². The number of aliphatic hydroxyl groups is 1. The number of aliphatic hydroxyl groups excluding tert-OH is 1. The fourth-order valence-corrected chi connectivity index (χ4v) is 4.19. The minimum absolute atomic E-state index is 0.153. The van der Waals surface area contributed by atoms with Gasteiger partial charge in [0.05, 0.1) is 11.3 Å². The molecule has 4 aromatic rings. The van der Waals surface area contributed by atoms with Gasteiger partial charge in [0.1, 0.15) is 0 Å². The number of rotatable bonds is 7. The van der Waals surface area contributed by atoms with Crippen molar-refractivity contribution in [2.75, 3.05) is 18.5 Å². The normalized spacial score (nSPS) is 11.1. The van der Waals surface area contributed by atoms with Crippen LogP contribution in [0, 0.1) is 6.92 Å². The second-order valence-corrected chi connectivity index (χ2v) is 7.53. The van der Waals surface area contributed by atoms with Crippen LogP contribution in [0.3, 0.4) is 0 Å². The molecule has 0 atom stereocenters. The van der Waals surface area contributed by atoms with E-state index in [0.29, 0.717) is 6.54 Å². The van der Waals surface area contributed by atoms with Crippen LogP contribution in [0.25, 0.3) is 21.2 Å². The van der Waals surface area contributed by atoms with Crippen LogP contribution in [0.15, 0.2) is 66.7 Å². The molecule has 3 aromatic carbocycles. The molecule has 0 fully saturated rings. The van der Waals surface area contributed by atoms with Gasteiger partial charge in [0.25, 0.3) is 0 Å². The van der Waals surface area contributed by atoms with E-state index in [-0.39, 0.29) is 6.61 Å². The highest BCUT2D eigenvalue weighted by Crippen LogP contribution is 2.36.